The lowest BCUT2D eigenvalue weighted by Crippen LogP contribution is -2.07. The Morgan fingerprint density at radius 1 is 0.844 bits per heavy atom. The van der Waals surface area contributed by atoms with Gasteiger partial charge < -0.3 is 10.8 Å². The maximum Gasteiger partial charge on any atom is 0.209 e. The van der Waals surface area contributed by atoms with Crippen LogP contribution in [0.4, 0.5) is 0 Å². The molecule has 0 radical (unpaired) electrons. The number of nitrogens with two attached hydrogens (primary N) is 1. The summed E-state index contributed by atoms with van der Waals surface area (Å²) in [4.78, 5) is 14.6. The van der Waals surface area contributed by atoms with Crippen LogP contribution in [0.1, 0.15) is 17.5 Å². The number of rotatable bonds is 6. The van der Waals surface area contributed by atoms with Gasteiger partial charge in [0.05, 0.1) is 28.0 Å². The summed E-state index contributed by atoms with van der Waals surface area (Å²) in [6, 6.07) is 27.3. The predicted octanol–water partition coefficient (Wildman–Crippen LogP) is 4.47. The molecule has 0 spiro atoms. The molecule has 0 fully saturated rings. The van der Waals surface area contributed by atoms with Gasteiger partial charge in [-0.3, -0.25) is 9.56 Å². The van der Waals surface area contributed by atoms with Gasteiger partial charge in [-0.2, -0.15) is 0 Å². The van der Waals surface area contributed by atoms with Crippen molar-refractivity contribution in [3.63, 3.8) is 0 Å². The van der Waals surface area contributed by atoms with Gasteiger partial charge >= 0.3 is 0 Å². The number of para-hydroxylation sites is 3. The first-order chi connectivity index (χ1) is 15.8. The van der Waals surface area contributed by atoms with E-state index in [4.69, 9.17) is 20.7 Å². The first kappa shape index (κ1) is 19.9. The van der Waals surface area contributed by atoms with Gasteiger partial charge in [0, 0.05) is 12.1 Å². The lowest BCUT2D eigenvalue weighted by Gasteiger charge is -2.09. The number of hydrogen-bond donors (Lipinski definition) is 2. The maximum absolute atomic E-state index is 11.5. The molecule has 32 heavy (non-hydrogen) atoms. The molecule has 3 aromatic carbocycles. The molecule has 6 heteroatoms. The monoisotopic (exact) mass is 421 g/mol. The van der Waals surface area contributed by atoms with Gasteiger partial charge in [0.15, 0.2) is 5.65 Å². The molecule has 0 saturated carbocycles. The molecule has 5 rings (SSSR count). The van der Waals surface area contributed by atoms with Crippen molar-refractivity contribution < 1.29 is 5.11 Å². The molecule has 0 atom stereocenters. The highest BCUT2D eigenvalue weighted by Crippen LogP contribution is 2.35. The summed E-state index contributed by atoms with van der Waals surface area (Å²) in [6.45, 7) is 1.10. The number of hydrogen-bond acceptors (Lipinski definition) is 5. The molecule has 0 saturated heterocycles. The lowest BCUT2D eigenvalue weighted by atomic mass is 10.0. The van der Waals surface area contributed by atoms with Crippen molar-refractivity contribution in [2.45, 2.75) is 6.42 Å². The summed E-state index contributed by atoms with van der Waals surface area (Å²) >= 11 is 0. The van der Waals surface area contributed by atoms with E-state index in [1.165, 1.54) is 0 Å². The Bertz CT molecular complexity index is 1410. The van der Waals surface area contributed by atoms with E-state index >= 15 is 0 Å². The zero-order chi connectivity index (χ0) is 21.9. The number of benzene rings is 3. The van der Waals surface area contributed by atoms with E-state index in [9.17, 15) is 5.11 Å². The van der Waals surface area contributed by atoms with E-state index in [1.54, 1.807) is 4.57 Å². The fraction of sp³-hybridized carbons (Fsp3) is 0.115. The zero-order valence-corrected chi connectivity index (χ0v) is 17.5. The van der Waals surface area contributed by atoms with Gasteiger partial charge in [-0.05, 0) is 37.2 Å². The third kappa shape index (κ3) is 3.50. The van der Waals surface area contributed by atoms with Crippen molar-refractivity contribution in [2.75, 3.05) is 13.1 Å². The van der Waals surface area contributed by atoms with Crippen LogP contribution in [0.5, 0.6) is 5.88 Å². The van der Waals surface area contributed by atoms with E-state index in [0.717, 1.165) is 28.7 Å². The van der Waals surface area contributed by atoms with Crippen LogP contribution < -0.4 is 5.73 Å². The minimum Gasteiger partial charge on any atom is -0.494 e. The maximum atomic E-state index is 11.5. The fourth-order valence-electron chi connectivity index (χ4n) is 3.86. The normalized spacial score (nSPS) is 12.0. The van der Waals surface area contributed by atoms with Gasteiger partial charge in [-0.1, -0.05) is 60.7 Å². The summed E-state index contributed by atoms with van der Waals surface area (Å²) in [5, 5.41) is 11.5. The van der Waals surface area contributed by atoms with Crippen molar-refractivity contribution in [3.05, 3.63) is 96.1 Å². The SMILES string of the molecule is NCCCN=C(c1ccccc1)c1c(O)n(-c2ccccc2)c2nc3ccccc3nc12. The molecule has 5 aromatic rings. The molecule has 2 heterocycles. The van der Waals surface area contributed by atoms with Gasteiger partial charge in [-0.25, -0.2) is 9.97 Å². The minimum absolute atomic E-state index is 0.0665. The molecule has 0 aliphatic heterocycles. The molecular weight excluding hydrogens is 398 g/mol. The highest BCUT2D eigenvalue weighted by molar-refractivity contribution is 6.20. The zero-order valence-electron chi connectivity index (χ0n) is 17.5. The molecular formula is C26H23N5O. The van der Waals surface area contributed by atoms with Crippen LogP contribution >= 0.6 is 0 Å². The van der Waals surface area contributed by atoms with Crippen LogP contribution in [0.25, 0.3) is 27.9 Å². The second-order valence-electron chi connectivity index (χ2n) is 7.49. The van der Waals surface area contributed by atoms with E-state index in [0.29, 0.717) is 35.5 Å². The Hall–Kier alpha value is -4.03. The van der Waals surface area contributed by atoms with E-state index in [2.05, 4.69) is 0 Å². The van der Waals surface area contributed by atoms with E-state index in [1.807, 2.05) is 84.9 Å². The van der Waals surface area contributed by atoms with Gasteiger partial charge in [0.25, 0.3) is 0 Å². The average Bonchev–Trinajstić information content (AvgIpc) is 3.12. The Labute approximate surface area is 185 Å². The smallest absolute Gasteiger partial charge is 0.209 e. The highest BCUT2D eigenvalue weighted by Gasteiger charge is 2.25. The van der Waals surface area contributed by atoms with Crippen LogP contribution in [-0.4, -0.2) is 38.4 Å². The number of aromatic nitrogens is 3. The quantitative estimate of drug-likeness (QED) is 0.313. The Morgan fingerprint density at radius 3 is 2.16 bits per heavy atom. The molecule has 0 bridgehead atoms. The van der Waals surface area contributed by atoms with Gasteiger partial charge in [-0.15, -0.1) is 0 Å². The van der Waals surface area contributed by atoms with Crippen molar-refractivity contribution in [1.29, 1.82) is 0 Å². The largest absolute Gasteiger partial charge is 0.494 e. The second-order valence-corrected chi connectivity index (χ2v) is 7.49. The minimum atomic E-state index is 0.0665. The number of nitrogens with zero attached hydrogens (tertiary/aromatic N) is 4. The summed E-state index contributed by atoms with van der Waals surface area (Å²) in [6.07, 6.45) is 0.753. The molecule has 3 N–H and O–H groups in total. The second kappa shape index (κ2) is 8.61. The van der Waals surface area contributed by atoms with Gasteiger partial charge in [0.1, 0.15) is 5.52 Å². The standard InChI is InChI=1S/C26H23N5O/c27-16-9-17-28-23(18-10-3-1-4-11-18)22-24-25(30-21-15-8-7-14-20(21)29-24)31(26(22)32)19-12-5-2-6-13-19/h1-8,10-15,32H,9,16-17,27H2. The number of aliphatic imine (C=N–C) groups is 1. The summed E-state index contributed by atoms with van der Waals surface area (Å²) < 4.78 is 1.74. The van der Waals surface area contributed by atoms with Crippen molar-refractivity contribution in [2.24, 2.45) is 10.7 Å². The van der Waals surface area contributed by atoms with Crippen LogP contribution in [-0.2, 0) is 0 Å². The van der Waals surface area contributed by atoms with Crippen LogP contribution in [0, 0.1) is 0 Å². The molecule has 2 aromatic heterocycles. The topological polar surface area (TPSA) is 89.3 Å². The third-order valence-electron chi connectivity index (χ3n) is 5.37. The summed E-state index contributed by atoms with van der Waals surface area (Å²) in [5.74, 6) is 0.0665. The predicted molar refractivity (Wildman–Crippen MR) is 129 cm³/mol. The number of fused-ring (bicyclic) bond motifs is 2. The Balaban J connectivity index is 1.86. The fourth-order valence-corrected chi connectivity index (χ4v) is 3.86. The molecule has 158 valence electrons. The summed E-state index contributed by atoms with van der Waals surface area (Å²) in [7, 11) is 0. The first-order valence-corrected chi connectivity index (χ1v) is 10.6. The molecule has 0 aliphatic carbocycles. The van der Waals surface area contributed by atoms with Crippen LogP contribution in [0.2, 0.25) is 0 Å². The molecule has 0 unspecified atom stereocenters. The first-order valence-electron chi connectivity index (χ1n) is 10.6. The van der Waals surface area contributed by atoms with Crippen molar-refractivity contribution in [3.8, 4) is 11.6 Å². The summed E-state index contributed by atoms with van der Waals surface area (Å²) in [5.41, 5.74) is 11.4. The Kier molecular flexibility index (Phi) is 5.35. The van der Waals surface area contributed by atoms with Crippen LogP contribution in [0.15, 0.2) is 89.9 Å². The molecule has 0 amide bonds. The third-order valence-corrected chi connectivity index (χ3v) is 5.37. The van der Waals surface area contributed by atoms with Crippen molar-refractivity contribution in [1.82, 2.24) is 14.5 Å². The molecule has 0 aliphatic rings. The van der Waals surface area contributed by atoms with Crippen LogP contribution in [0.3, 0.4) is 0 Å². The Morgan fingerprint density at radius 2 is 1.47 bits per heavy atom. The van der Waals surface area contributed by atoms with E-state index < -0.39 is 0 Å². The number of aromatic hydroxyl groups is 1. The van der Waals surface area contributed by atoms with Gasteiger partial charge in [0.2, 0.25) is 5.88 Å². The van der Waals surface area contributed by atoms with Crippen molar-refractivity contribution >= 4 is 27.9 Å². The molecule has 6 nitrogen and oxygen atoms in total. The average molecular weight is 422 g/mol. The van der Waals surface area contributed by atoms with E-state index in [-0.39, 0.29) is 5.88 Å². The lowest BCUT2D eigenvalue weighted by molar-refractivity contribution is 0.444. The highest BCUT2D eigenvalue weighted by atomic mass is 16.3.